The van der Waals surface area contributed by atoms with Crippen LogP contribution in [0.4, 0.5) is 5.69 Å². The minimum Gasteiger partial charge on any atom is -0.393 e. The number of nitrogens with one attached hydrogen (secondary N) is 1. The van der Waals surface area contributed by atoms with E-state index in [2.05, 4.69) is 52.8 Å². The lowest BCUT2D eigenvalue weighted by Crippen LogP contribution is -2.47. The van der Waals surface area contributed by atoms with E-state index >= 15 is 0 Å². The van der Waals surface area contributed by atoms with Crippen LogP contribution in [0.5, 0.6) is 0 Å². The van der Waals surface area contributed by atoms with Gasteiger partial charge >= 0.3 is 0 Å². The minimum atomic E-state index is -0.196. The highest BCUT2D eigenvalue weighted by molar-refractivity contribution is 6.04. The van der Waals surface area contributed by atoms with E-state index in [9.17, 15) is 9.90 Å². The van der Waals surface area contributed by atoms with Gasteiger partial charge in [-0.1, -0.05) is 36.4 Å². The van der Waals surface area contributed by atoms with E-state index in [1.807, 2.05) is 25.1 Å². The van der Waals surface area contributed by atoms with Crippen molar-refractivity contribution >= 4 is 11.6 Å². The van der Waals surface area contributed by atoms with Crippen molar-refractivity contribution in [3.8, 4) is 0 Å². The molecule has 164 valence electrons. The molecule has 3 aromatic rings. The summed E-state index contributed by atoms with van der Waals surface area (Å²) in [5.41, 5.74) is 6.28. The van der Waals surface area contributed by atoms with Gasteiger partial charge in [0.2, 0.25) is 0 Å². The number of carbonyl (C=O) groups excluding carboxylic acids is 1. The molecule has 1 heterocycles. The summed E-state index contributed by atoms with van der Waals surface area (Å²) >= 11 is 0. The zero-order chi connectivity index (χ0) is 22.1. The Morgan fingerprint density at radius 1 is 1.12 bits per heavy atom. The first-order chi connectivity index (χ1) is 15.5. The van der Waals surface area contributed by atoms with Gasteiger partial charge in [0.25, 0.3) is 5.91 Å². The predicted octanol–water partition coefficient (Wildman–Crippen LogP) is 5.23. The zero-order valence-corrected chi connectivity index (χ0v) is 18.6. The van der Waals surface area contributed by atoms with Crippen LogP contribution < -0.4 is 5.32 Å². The fourth-order valence-corrected chi connectivity index (χ4v) is 5.91. The fraction of sp³-hybridized carbons (Fsp3) is 0.357. The van der Waals surface area contributed by atoms with Crippen molar-refractivity contribution in [2.45, 2.75) is 57.0 Å². The van der Waals surface area contributed by atoms with Gasteiger partial charge < -0.3 is 10.4 Å². The molecule has 5 rings (SSSR count). The number of hydrogen-bond acceptors (Lipinski definition) is 3. The highest BCUT2D eigenvalue weighted by atomic mass is 16.3. The monoisotopic (exact) mass is 426 g/mol. The maximum absolute atomic E-state index is 13.0. The number of amides is 1. The molecule has 32 heavy (non-hydrogen) atoms. The van der Waals surface area contributed by atoms with Gasteiger partial charge in [-0.15, -0.1) is 0 Å². The summed E-state index contributed by atoms with van der Waals surface area (Å²) < 4.78 is 0. The molecule has 4 nitrogen and oxygen atoms in total. The van der Waals surface area contributed by atoms with Crippen LogP contribution in [0.25, 0.3) is 0 Å². The van der Waals surface area contributed by atoms with Gasteiger partial charge in [-0.3, -0.25) is 9.78 Å². The zero-order valence-electron chi connectivity index (χ0n) is 18.6. The Balaban J connectivity index is 1.48. The van der Waals surface area contributed by atoms with Crippen LogP contribution in [-0.2, 0) is 18.3 Å². The van der Waals surface area contributed by atoms with Gasteiger partial charge in [0.1, 0.15) is 0 Å². The summed E-state index contributed by atoms with van der Waals surface area (Å²) in [4.78, 5) is 17.2. The summed E-state index contributed by atoms with van der Waals surface area (Å²) in [7, 11) is 0. The summed E-state index contributed by atoms with van der Waals surface area (Å²) in [6.45, 7) is 1.90. The topological polar surface area (TPSA) is 62.2 Å². The third-order valence-corrected chi connectivity index (χ3v) is 7.55. The van der Waals surface area contributed by atoms with Crippen LogP contribution in [0.15, 0.2) is 66.9 Å². The largest absolute Gasteiger partial charge is 0.393 e. The standard InChI is InChI=1S/C28H30N2O2/c1-19-26(8-5-15-29-19)30-27(32)22-10-12-25-21(16-22)9-11-23-17-24(31)13-14-28(23,25)18-20-6-3-2-4-7-20/h2-8,10,12,15-16,23-24,31H,9,11,13-14,17-18H2,1H3,(H,30,32)/t23?,24-,28+/m1/s1. The Kier molecular flexibility index (Phi) is 5.56. The minimum absolute atomic E-state index is 0.0309. The molecule has 0 aliphatic heterocycles. The Bertz CT molecular complexity index is 1130. The number of nitrogens with zero attached hydrogens (tertiary/aromatic N) is 1. The number of anilines is 1. The van der Waals surface area contributed by atoms with Crippen LogP contribution >= 0.6 is 0 Å². The van der Waals surface area contributed by atoms with Crippen molar-refractivity contribution in [3.63, 3.8) is 0 Å². The van der Waals surface area contributed by atoms with Gasteiger partial charge in [0, 0.05) is 17.2 Å². The Morgan fingerprint density at radius 2 is 1.97 bits per heavy atom. The lowest BCUT2D eigenvalue weighted by atomic mass is 9.54. The quantitative estimate of drug-likeness (QED) is 0.600. The van der Waals surface area contributed by atoms with E-state index < -0.39 is 0 Å². The third kappa shape index (κ3) is 3.84. The molecule has 2 N–H and O–H groups in total. The highest BCUT2D eigenvalue weighted by Crippen LogP contribution is 2.52. The van der Waals surface area contributed by atoms with E-state index in [1.54, 1.807) is 6.20 Å². The Morgan fingerprint density at radius 3 is 2.78 bits per heavy atom. The lowest BCUT2D eigenvalue weighted by Gasteiger charge is -2.50. The van der Waals surface area contributed by atoms with Crippen molar-refractivity contribution in [1.29, 1.82) is 0 Å². The number of aromatic nitrogens is 1. The summed E-state index contributed by atoms with van der Waals surface area (Å²) in [6, 6.07) is 20.7. The molecule has 3 atom stereocenters. The number of fused-ring (bicyclic) bond motifs is 3. The average molecular weight is 427 g/mol. The third-order valence-electron chi connectivity index (χ3n) is 7.55. The Hall–Kier alpha value is -2.98. The van der Waals surface area contributed by atoms with E-state index in [-0.39, 0.29) is 17.4 Å². The van der Waals surface area contributed by atoms with Crippen LogP contribution in [0.2, 0.25) is 0 Å². The molecular formula is C28H30N2O2. The van der Waals surface area contributed by atoms with Crippen molar-refractivity contribution in [1.82, 2.24) is 4.98 Å². The molecule has 1 unspecified atom stereocenters. The number of rotatable bonds is 4. The molecule has 4 heteroatoms. The normalized spacial score (nSPS) is 24.3. The van der Waals surface area contributed by atoms with Crippen molar-refractivity contribution < 1.29 is 9.90 Å². The van der Waals surface area contributed by atoms with Gasteiger partial charge in [-0.05, 0) is 92.3 Å². The number of aliphatic hydroxyl groups is 1. The van der Waals surface area contributed by atoms with Crippen LogP contribution in [-0.4, -0.2) is 22.1 Å². The van der Waals surface area contributed by atoms with E-state index in [4.69, 9.17) is 0 Å². The molecule has 0 bridgehead atoms. The van der Waals surface area contributed by atoms with Crippen LogP contribution in [0.1, 0.15) is 58.4 Å². The summed E-state index contributed by atoms with van der Waals surface area (Å²) in [5.74, 6) is 0.374. The second kappa shape index (κ2) is 8.51. The first kappa shape index (κ1) is 20.9. The van der Waals surface area contributed by atoms with E-state index in [0.29, 0.717) is 11.5 Å². The number of benzene rings is 2. The van der Waals surface area contributed by atoms with Gasteiger partial charge in [0.05, 0.1) is 17.5 Å². The number of pyridine rings is 1. The van der Waals surface area contributed by atoms with Gasteiger partial charge in [-0.25, -0.2) is 0 Å². The predicted molar refractivity (Wildman–Crippen MR) is 127 cm³/mol. The van der Waals surface area contributed by atoms with Crippen LogP contribution in [0, 0.1) is 12.8 Å². The Labute approximate surface area is 189 Å². The van der Waals surface area contributed by atoms with E-state index in [1.165, 1.54) is 16.7 Å². The van der Waals surface area contributed by atoms with Gasteiger partial charge in [-0.2, -0.15) is 0 Å². The summed E-state index contributed by atoms with van der Waals surface area (Å²) in [6.07, 6.45) is 7.23. The average Bonchev–Trinajstić information content (AvgIpc) is 2.81. The molecule has 2 aliphatic rings. The molecule has 0 radical (unpaired) electrons. The molecule has 2 aliphatic carbocycles. The maximum Gasteiger partial charge on any atom is 0.255 e. The maximum atomic E-state index is 13.0. The second-order valence-corrected chi connectivity index (χ2v) is 9.44. The lowest BCUT2D eigenvalue weighted by molar-refractivity contribution is 0.0406. The van der Waals surface area contributed by atoms with Crippen LogP contribution in [0.3, 0.4) is 0 Å². The van der Waals surface area contributed by atoms with Gasteiger partial charge in [0.15, 0.2) is 0 Å². The highest BCUT2D eigenvalue weighted by Gasteiger charge is 2.47. The molecule has 1 saturated carbocycles. The number of hydrogen-bond donors (Lipinski definition) is 2. The molecule has 2 aromatic carbocycles. The fourth-order valence-electron chi connectivity index (χ4n) is 5.91. The second-order valence-electron chi connectivity index (χ2n) is 9.44. The molecule has 1 amide bonds. The van der Waals surface area contributed by atoms with E-state index in [0.717, 1.165) is 49.9 Å². The first-order valence-corrected chi connectivity index (χ1v) is 11.6. The van der Waals surface area contributed by atoms with Crippen molar-refractivity contribution in [3.05, 3.63) is 94.8 Å². The van der Waals surface area contributed by atoms with Crippen molar-refractivity contribution in [2.24, 2.45) is 5.92 Å². The molecule has 1 aromatic heterocycles. The molecular weight excluding hydrogens is 396 g/mol. The summed E-state index contributed by atoms with van der Waals surface area (Å²) in [5, 5.41) is 13.4. The molecule has 0 spiro atoms. The first-order valence-electron chi connectivity index (χ1n) is 11.6. The van der Waals surface area contributed by atoms with Crippen molar-refractivity contribution in [2.75, 3.05) is 5.32 Å². The molecule has 0 saturated heterocycles. The smallest absolute Gasteiger partial charge is 0.255 e. The number of aliphatic hydroxyl groups excluding tert-OH is 1. The SMILES string of the molecule is Cc1ncccc1NC(=O)c1ccc2c(c1)CCC1C[C@H](O)CC[C@@]21Cc1ccccc1. The number of aryl methyl sites for hydroxylation is 2. The number of carbonyl (C=O) groups is 1. The molecule has 1 fully saturated rings.